The zero-order chi connectivity index (χ0) is 18.9. The molecule has 2 aromatic rings. The summed E-state index contributed by atoms with van der Waals surface area (Å²) < 4.78 is 38.6. The van der Waals surface area contributed by atoms with Crippen LogP contribution in [0.5, 0.6) is 0 Å². The lowest BCUT2D eigenvalue weighted by atomic mass is 9.85. The van der Waals surface area contributed by atoms with Gasteiger partial charge in [-0.05, 0) is 43.0 Å². The van der Waals surface area contributed by atoms with E-state index >= 15 is 0 Å². The maximum absolute atomic E-state index is 12.9. The first kappa shape index (κ1) is 18.4. The molecule has 0 aliphatic heterocycles. The summed E-state index contributed by atoms with van der Waals surface area (Å²) >= 11 is 0. The van der Waals surface area contributed by atoms with Gasteiger partial charge >= 0.3 is 12.1 Å². The molecular weight excluding hydrogens is 347 g/mol. The van der Waals surface area contributed by atoms with Crippen LogP contribution in [0.3, 0.4) is 0 Å². The molecule has 0 saturated heterocycles. The third-order valence-corrected chi connectivity index (χ3v) is 4.81. The van der Waals surface area contributed by atoms with E-state index in [1.807, 2.05) is 11.8 Å². The van der Waals surface area contributed by atoms with Gasteiger partial charge in [0.25, 0.3) is 0 Å². The van der Waals surface area contributed by atoms with Gasteiger partial charge in [-0.3, -0.25) is 9.69 Å². The Hall–Kier alpha value is -2.35. The van der Waals surface area contributed by atoms with Crippen LogP contribution in [0.4, 0.5) is 19.0 Å². The van der Waals surface area contributed by atoms with E-state index in [1.165, 1.54) is 12.3 Å². The van der Waals surface area contributed by atoms with E-state index in [0.717, 1.165) is 25.0 Å². The highest BCUT2D eigenvalue weighted by atomic mass is 19.4. The Morgan fingerprint density at radius 3 is 2.69 bits per heavy atom. The van der Waals surface area contributed by atoms with Gasteiger partial charge in [-0.15, -0.1) is 0 Å². The number of carboxylic acids is 1. The van der Waals surface area contributed by atoms with Crippen molar-refractivity contribution in [3.8, 4) is 0 Å². The number of aromatic nitrogens is 1. The number of benzene rings is 1. The fourth-order valence-electron chi connectivity index (χ4n) is 3.34. The van der Waals surface area contributed by atoms with E-state index in [2.05, 4.69) is 10.3 Å². The van der Waals surface area contributed by atoms with Crippen LogP contribution in [0.15, 0.2) is 30.5 Å². The second-order valence-corrected chi connectivity index (χ2v) is 6.52. The number of pyridine rings is 1. The number of hydrogen-bond acceptors (Lipinski definition) is 4. The minimum absolute atomic E-state index is 0.0145. The van der Waals surface area contributed by atoms with Crippen molar-refractivity contribution in [2.45, 2.75) is 38.0 Å². The molecule has 0 radical (unpaired) electrons. The predicted octanol–water partition coefficient (Wildman–Crippen LogP) is 3.60. The molecule has 1 aromatic carbocycles. The number of rotatable bonds is 6. The summed E-state index contributed by atoms with van der Waals surface area (Å²) in [7, 11) is 0. The maximum atomic E-state index is 12.9. The van der Waals surface area contributed by atoms with Crippen LogP contribution in [0, 0.1) is 0 Å². The molecule has 140 valence electrons. The molecule has 1 fully saturated rings. The van der Waals surface area contributed by atoms with Gasteiger partial charge in [0.15, 0.2) is 0 Å². The third kappa shape index (κ3) is 3.90. The molecule has 0 atom stereocenters. The van der Waals surface area contributed by atoms with Crippen molar-refractivity contribution in [3.05, 3.63) is 36.0 Å². The van der Waals surface area contributed by atoms with Crippen molar-refractivity contribution in [3.63, 3.8) is 0 Å². The largest absolute Gasteiger partial charge is 0.480 e. The summed E-state index contributed by atoms with van der Waals surface area (Å²) in [5.74, 6) is -0.291. The lowest BCUT2D eigenvalue weighted by Gasteiger charge is -2.42. The van der Waals surface area contributed by atoms with Crippen LogP contribution in [-0.2, 0) is 11.0 Å². The fourth-order valence-corrected chi connectivity index (χ4v) is 3.34. The quantitative estimate of drug-likeness (QED) is 0.817. The first-order chi connectivity index (χ1) is 12.3. The van der Waals surface area contributed by atoms with Crippen molar-refractivity contribution in [2.24, 2.45) is 0 Å². The van der Waals surface area contributed by atoms with Gasteiger partial charge in [0.2, 0.25) is 0 Å². The van der Waals surface area contributed by atoms with Crippen molar-refractivity contribution in [2.75, 3.05) is 18.4 Å². The lowest BCUT2D eigenvalue weighted by Crippen LogP contribution is -2.51. The van der Waals surface area contributed by atoms with E-state index in [0.29, 0.717) is 23.1 Å². The molecule has 0 bridgehead atoms. The molecule has 0 spiro atoms. The first-order valence-electron chi connectivity index (χ1n) is 8.46. The molecule has 8 heteroatoms. The Bertz CT molecular complexity index is 804. The van der Waals surface area contributed by atoms with Crippen molar-refractivity contribution >= 4 is 22.6 Å². The number of carbonyl (C=O) groups is 1. The number of anilines is 1. The number of alkyl halides is 3. The highest BCUT2D eigenvalue weighted by molar-refractivity contribution is 5.92. The van der Waals surface area contributed by atoms with Gasteiger partial charge in [-0.1, -0.05) is 13.0 Å². The number of likely N-dealkylation sites (N-methyl/N-ethyl adjacent to an activating group) is 1. The zero-order valence-corrected chi connectivity index (χ0v) is 14.3. The van der Waals surface area contributed by atoms with E-state index in [-0.39, 0.29) is 18.6 Å². The summed E-state index contributed by atoms with van der Waals surface area (Å²) in [6, 6.07) is 5.50. The SMILES string of the molecule is CCN(CC(=O)O)C1CC(Nc2nccc3cc(C(F)(F)F)ccc23)C1. The standard InChI is InChI=1S/C18H20F3N3O2/c1-2-24(10-16(25)26)14-8-13(9-14)23-17-15-4-3-12(18(19,20)21)7-11(15)5-6-22-17/h3-7,13-14H,2,8-10H2,1H3,(H,22,23)(H,25,26). The monoisotopic (exact) mass is 367 g/mol. The molecule has 1 aliphatic rings. The molecule has 5 nitrogen and oxygen atoms in total. The average molecular weight is 367 g/mol. The number of hydrogen-bond donors (Lipinski definition) is 2. The van der Waals surface area contributed by atoms with E-state index in [4.69, 9.17) is 5.11 Å². The third-order valence-electron chi connectivity index (χ3n) is 4.81. The number of carboxylic acid groups (broad SMARTS) is 1. The number of nitrogens with zero attached hydrogens (tertiary/aromatic N) is 2. The number of aliphatic carboxylic acids is 1. The Labute approximate surface area is 148 Å². The van der Waals surface area contributed by atoms with Crippen molar-refractivity contribution in [1.29, 1.82) is 0 Å². The van der Waals surface area contributed by atoms with Crippen LogP contribution < -0.4 is 5.32 Å². The second-order valence-electron chi connectivity index (χ2n) is 6.52. The average Bonchev–Trinajstić information content (AvgIpc) is 2.54. The Kier molecular flexibility index (Phi) is 5.04. The van der Waals surface area contributed by atoms with Crippen LogP contribution in [0.1, 0.15) is 25.3 Å². The van der Waals surface area contributed by atoms with Crippen LogP contribution in [0.25, 0.3) is 10.8 Å². The predicted molar refractivity (Wildman–Crippen MR) is 92.1 cm³/mol. The highest BCUT2D eigenvalue weighted by Crippen LogP contribution is 2.34. The van der Waals surface area contributed by atoms with Crippen LogP contribution in [-0.4, -0.2) is 46.1 Å². The van der Waals surface area contributed by atoms with Crippen LogP contribution in [0.2, 0.25) is 0 Å². The van der Waals surface area contributed by atoms with Gasteiger partial charge in [0, 0.05) is 23.7 Å². The zero-order valence-electron chi connectivity index (χ0n) is 14.3. The fraction of sp³-hybridized carbons (Fsp3) is 0.444. The molecule has 0 amide bonds. The molecule has 1 aromatic heterocycles. The first-order valence-corrected chi connectivity index (χ1v) is 8.46. The van der Waals surface area contributed by atoms with Gasteiger partial charge in [0.05, 0.1) is 12.1 Å². The van der Waals surface area contributed by atoms with Gasteiger partial charge < -0.3 is 10.4 Å². The number of nitrogens with one attached hydrogen (secondary N) is 1. The summed E-state index contributed by atoms with van der Waals surface area (Å²) in [5.41, 5.74) is -0.682. The van der Waals surface area contributed by atoms with Gasteiger partial charge in [-0.2, -0.15) is 13.2 Å². The number of fused-ring (bicyclic) bond motifs is 1. The van der Waals surface area contributed by atoms with Gasteiger partial charge in [0.1, 0.15) is 5.82 Å². The summed E-state index contributed by atoms with van der Waals surface area (Å²) in [6.45, 7) is 2.60. The molecule has 1 aliphatic carbocycles. The Balaban J connectivity index is 1.70. The highest BCUT2D eigenvalue weighted by Gasteiger charge is 2.34. The molecule has 0 unspecified atom stereocenters. The van der Waals surface area contributed by atoms with E-state index < -0.39 is 17.7 Å². The minimum atomic E-state index is -4.38. The second kappa shape index (κ2) is 7.11. The Morgan fingerprint density at radius 1 is 1.35 bits per heavy atom. The number of halogens is 3. The van der Waals surface area contributed by atoms with Crippen LogP contribution >= 0.6 is 0 Å². The molecule has 1 heterocycles. The molecule has 1 saturated carbocycles. The molecule has 3 rings (SSSR count). The lowest BCUT2D eigenvalue weighted by molar-refractivity contribution is -0.139. The summed E-state index contributed by atoms with van der Waals surface area (Å²) in [6.07, 6.45) is -1.33. The summed E-state index contributed by atoms with van der Waals surface area (Å²) in [4.78, 5) is 17.1. The summed E-state index contributed by atoms with van der Waals surface area (Å²) in [5, 5.41) is 13.3. The minimum Gasteiger partial charge on any atom is -0.480 e. The van der Waals surface area contributed by atoms with Crippen molar-refractivity contribution < 1.29 is 23.1 Å². The van der Waals surface area contributed by atoms with Crippen molar-refractivity contribution in [1.82, 2.24) is 9.88 Å². The molecule has 2 N–H and O–H groups in total. The normalized spacial score (nSPS) is 20.2. The van der Waals surface area contributed by atoms with E-state index in [1.54, 1.807) is 6.07 Å². The maximum Gasteiger partial charge on any atom is 0.416 e. The molecular formula is C18H20F3N3O2. The smallest absolute Gasteiger partial charge is 0.416 e. The molecule has 26 heavy (non-hydrogen) atoms. The van der Waals surface area contributed by atoms with E-state index in [9.17, 15) is 18.0 Å². The van der Waals surface area contributed by atoms with Gasteiger partial charge in [-0.25, -0.2) is 4.98 Å². The Morgan fingerprint density at radius 2 is 2.08 bits per heavy atom. The topological polar surface area (TPSA) is 65.5 Å².